The Morgan fingerprint density at radius 2 is 1.89 bits per heavy atom. The van der Waals surface area contributed by atoms with E-state index < -0.39 is 0 Å². The number of amides is 3. The number of carbonyl (C=O) groups is 2. The largest absolute Gasteiger partial charge is 0.339 e. The van der Waals surface area contributed by atoms with E-state index in [1.165, 1.54) is 5.56 Å². The van der Waals surface area contributed by atoms with Gasteiger partial charge in [-0.05, 0) is 86.4 Å². The highest BCUT2D eigenvalue weighted by atomic mass is 16.2. The molecule has 2 aromatic carbocycles. The van der Waals surface area contributed by atoms with Gasteiger partial charge in [-0.25, -0.2) is 4.79 Å². The highest BCUT2D eigenvalue weighted by molar-refractivity contribution is 5.97. The molecule has 0 unspecified atom stereocenters. The minimum atomic E-state index is -0.283. The van der Waals surface area contributed by atoms with Crippen LogP contribution in [0.2, 0.25) is 0 Å². The van der Waals surface area contributed by atoms with Gasteiger partial charge in [0.2, 0.25) is 0 Å². The number of likely N-dealkylation sites (tertiary alicyclic amines) is 1. The van der Waals surface area contributed by atoms with Crippen molar-refractivity contribution in [2.45, 2.75) is 45.4 Å². The zero-order valence-electron chi connectivity index (χ0n) is 20.8. The molecule has 8 heteroatoms. The van der Waals surface area contributed by atoms with Gasteiger partial charge in [0.1, 0.15) is 0 Å². The second-order valence-electron chi connectivity index (χ2n) is 9.33. The molecule has 1 aliphatic rings. The normalized spacial score (nSPS) is 13.8. The Kier molecular flexibility index (Phi) is 8.01. The second-order valence-corrected chi connectivity index (χ2v) is 9.33. The van der Waals surface area contributed by atoms with Gasteiger partial charge in [-0.1, -0.05) is 18.2 Å². The number of aryl methyl sites for hydroxylation is 3. The monoisotopic (exact) mass is 484 g/mol. The summed E-state index contributed by atoms with van der Waals surface area (Å²) in [6.07, 6.45) is 5.23. The van der Waals surface area contributed by atoms with E-state index in [1.54, 1.807) is 6.07 Å². The van der Waals surface area contributed by atoms with Crippen LogP contribution in [0, 0.1) is 25.2 Å². The summed E-state index contributed by atoms with van der Waals surface area (Å²) in [7, 11) is 0. The van der Waals surface area contributed by atoms with Gasteiger partial charge in [0.25, 0.3) is 5.91 Å². The lowest BCUT2D eigenvalue weighted by Crippen LogP contribution is -2.38. The fourth-order valence-electron chi connectivity index (χ4n) is 4.59. The summed E-state index contributed by atoms with van der Waals surface area (Å²) in [4.78, 5) is 27.5. The topological polar surface area (TPSA) is 114 Å². The molecule has 1 fully saturated rings. The summed E-state index contributed by atoms with van der Waals surface area (Å²) >= 11 is 0. The minimum absolute atomic E-state index is 0.0211. The Bertz CT molecular complexity index is 1250. The smallest absolute Gasteiger partial charge is 0.319 e. The Balaban J connectivity index is 1.28. The average molecular weight is 485 g/mol. The maximum Gasteiger partial charge on any atom is 0.319 e. The molecule has 186 valence electrons. The number of nitrogens with one attached hydrogen (secondary N) is 3. The van der Waals surface area contributed by atoms with Crippen LogP contribution in [0.1, 0.15) is 63.5 Å². The Morgan fingerprint density at radius 3 is 2.56 bits per heavy atom. The molecular weight excluding hydrogens is 452 g/mol. The molecule has 0 spiro atoms. The lowest BCUT2D eigenvalue weighted by atomic mass is 9.89. The number of benzene rings is 2. The maximum absolute atomic E-state index is 13.2. The predicted octanol–water partition coefficient (Wildman–Crippen LogP) is 4.67. The maximum atomic E-state index is 13.2. The van der Waals surface area contributed by atoms with Crippen LogP contribution in [-0.2, 0) is 6.42 Å². The van der Waals surface area contributed by atoms with Crippen molar-refractivity contribution in [1.82, 2.24) is 20.4 Å². The first kappa shape index (κ1) is 25.0. The summed E-state index contributed by atoms with van der Waals surface area (Å²) in [5.41, 5.74) is 6.19. The van der Waals surface area contributed by atoms with E-state index in [0.29, 0.717) is 42.4 Å². The molecule has 4 rings (SSSR count). The molecule has 1 aromatic heterocycles. The lowest BCUT2D eigenvalue weighted by molar-refractivity contribution is 0.0713. The first-order valence-electron chi connectivity index (χ1n) is 12.4. The molecule has 3 N–H and O–H groups in total. The van der Waals surface area contributed by atoms with Crippen LogP contribution in [0.5, 0.6) is 0 Å². The molecule has 3 aromatic rings. The Labute approximate surface area is 211 Å². The van der Waals surface area contributed by atoms with Crippen molar-refractivity contribution in [2.24, 2.45) is 0 Å². The van der Waals surface area contributed by atoms with E-state index in [2.05, 4.69) is 26.9 Å². The highest BCUT2D eigenvalue weighted by Gasteiger charge is 2.25. The van der Waals surface area contributed by atoms with Crippen molar-refractivity contribution >= 4 is 17.6 Å². The molecule has 0 aliphatic carbocycles. The van der Waals surface area contributed by atoms with Gasteiger partial charge in [0, 0.05) is 36.6 Å². The first-order chi connectivity index (χ1) is 17.4. The van der Waals surface area contributed by atoms with E-state index in [4.69, 9.17) is 5.26 Å². The molecule has 2 heterocycles. The zero-order valence-corrected chi connectivity index (χ0v) is 20.8. The minimum Gasteiger partial charge on any atom is -0.339 e. The number of hydrogen-bond acceptors (Lipinski definition) is 4. The summed E-state index contributed by atoms with van der Waals surface area (Å²) in [6.45, 7) is 5.79. The molecule has 0 radical (unpaired) electrons. The number of carbonyl (C=O) groups excluding carboxylic acids is 2. The number of aromatic nitrogens is 2. The van der Waals surface area contributed by atoms with Gasteiger partial charge in [0.15, 0.2) is 0 Å². The van der Waals surface area contributed by atoms with Crippen molar-refractivity contribution in [3.63, 3.8) is 0 Å². The van der Waals surface area contributed by atoms with Gasteiger partial charge < -0.3 is 15.5 Å². The number of rotatable bonds is 7. The molecular formula is C28H32N6O2. The predicted molar refractivity (Wildman–Crippen MR) is 139 cm³/mol. The molecule has 3 amide bonds. The Hall–Kier alpha value is -4.12. The van der Waals surface area contributed by atoms with Crippen molar-refractivity contribution in [1.29, 1.82) is 5.26 Å². The molecule has 36 heavy (non-hydrogen) atoms. The Morgan fingerprint density at radius 1 is 1.14 bits per heavy atom. The van der Waals surface area contributed by atoms with Gasteiger partial charge in [0.05, 0.1) is 17.8 Å². The van der Waals surface area contributed by atoms with Crippen LogP contribution in [0.25, 0.3) is 0 Å². The van der Waals surface area contributed by atoms with Crippen LogP contribution in [0.15, 0.2) is 48.7 Å². The van der Waals surface area contributed by atoms with Crippen molar-refractivity contribution in [3.05, 3.63) is 82.2 Å². The number of H-pyrrole nitrogens is 1. The molecule has 8 nitrogen and oxygen atoms in total. The number of urea groups is 1. The van der Waals surface area contributed by atoms with Crippen LogP contribution in [0.4, 0.5) is 10.5 Å². The lowest BCUT2D eigenvalue weighted by Gasteiger charge is -2.32. The summed E-state index contributed by atoms with van der Waals surface area (Å²) in [5, 5.41) is 21.7. The van der Waals surface area contributed by atoms with Crippen LogP contribution < -0.4 is 10.6 Å². The van der Waals surface area contributed by atoms with Gasteiger partial charge in [-0.15, -0.1) is 0 Å². The third-order valence-corrected chi connectivity index (χ3v) is 6.87. The highest BCUT2D eigenvalue weighted by Crippen LogP contribution is 2.29. The van der Waals surface area contributed by atoms with Gasteiger partial charge in [-0.2, -0.15) is 10.4 Å². The van der Waals surface area contributed by atoms with E-state index in [1.807, 2.05) is 61.3 Å². The summed E-state index contributed by atoms with van der Waals surface area (Å²) in [6, 6.07) is 15.1. The SMILES string of the molecule is Cc1ccc(C(=O)N2CCC(c3ccc(C#N)cc3)CC2)cc1NC(=O)NCCCc1cn[nH]c1C. The molecule has 1 saturated heterocycles. The fraction of sp³-hybridized carbons (Fsp3) is 0.357. The number of hydrogen-bond donors (Lipinski definition) is 3. The van der Waals surface area contributed by atoms with Crippen LogP contribution in [0.3, 0.4) is 0 Å². The average Bonchev–Trinajstić information content (AvgIpc) is 3.32. The van der Waals surface area contributed by atoms with E-state index >= 15 is 0 Å². The third kappa shape index (κ3) is 6.11. The van der Waals surface area contributed by atoms with E-state index in [0.717, 1.165) is 42.5 Å². The number of nitrogens with zero attached hydrogens (tertiary/aromatic N) is 3. The second kappa shape index (κ2) is 11.5. The zero-order chi connectivity index (χ0) is 25.5. The number of aromatic amines is 1. The summed E-state index contributed by atoms with van der Waals surface area (Å²) < 4.78 is 0. The quantitative estimate of drug-likeness (QED) is 0.423. The van der Waals surface area contributed by atoms with Crippen LogP contribution in [-0.4, -0.2) is 46.7 Å². The standard InChI is InChI=1S/C28H32N6O2/c1-19-5-8-24(16-26(19)32-28(36)30-13-3-4-25-18-31-33-20(25)2)27(35)34-14-11-23(12-15-34)22-9-6-21(17-29)7-10-22/h5-10,16,18,23H,3-4,11-15H2,1-2H3,(H,31,33)(H2,30,32,36). The summed E-state index contributed by atoms with van der Waals surface area (Å²) in [5.74, 6) is 0.366. The van der Waals surface area contributed by atoms with Gasteiger partial charge >= 0.3 is 6.03 Å². The molecule has 0 saturated carbocycles. The van der Waals surface area contributed by atoms with E-state index in [9.17, 15) is 9.59 Å². The van der Waals surface area contributed by atoms with Gasteiger partial charge in [-0.3, -0.25) is 9.89 Å². The van der Waals surface area contributed by atoms with Crippen molar-refractivity contribution in [2.75, 3.05) is 25.0 Å². The van der Waals surface area contributed by atoms with Crippen molar-refractivity contribution < 1.29 is 9.59 Å². The third-order valence-electron chi connectivity index (χ3n) is 6.87. The van der Waals surface area contributed by atoms with Crippen LogP contribution >= 0.6 is 0 Å². The molecule has 1 aliphatic heterocycles. The number of nitriles is 1. The first-order valence-corrected chi connectivity index (χ1v) is 12.4. The van der Waals surface area contributed by atoms with E-state index in [-0.39, 0.29) is 11.9 Å². The van der Waals surface area contributed by atoms with Crippen molar-refractivity contribution in [3.8, 4) is 6.07 Å². The number of piperidine rings is 1. The fourth-order valence-corrected chi connectivity index (χ4v) is 4.59. The number of anilines is 1. The molecule has 0 bridgehead atoms. The molecule has 0 atom stereocenters.